The largest absolute Gasteiger partial charge is 0.306 e. The molecule has 0 bridgehead atoms. The maximum absolute atomic E-state index is 4.40. The Morgan fingerprint density at radius 2 is 2.10 bits per heavy atom. The highest BCUT2D eigenvalue weighted by atomic mass is 79.9. The Morgan fingerprint density at radius 3 is 2.85 bits per heavy atom. The van der Waals surface area contributed by atoms with Gasteiger partial charge in [0.2, 0.25) is 0 Å². The number of benzene rings is 1. The van der Waals surface area contributed by atoms with Gasteiger partial charge in [0.05, 0.1) is 6.04 Å². The normalized spacial score (nSPS) is 12.7. The molecule has 2 heterocycles. The fourth-order valence-corrected chi connectivity index (χ4v) is 4.12. The molecule has 0 aliphatic rings. The number of halogens is 1. The zero-order chi connectivity index (χ0) is 13.9. The van der Waals surface area contributed by atoms with Crippen LogP contribution in [0, 0.1) is 0 Å². The molecule has 1 unspecified atom stereocenters. The Hall–Kier alpha value is -1.23. The second-order valence-electron chi connectivity index (χ2n) is 4.57. The molecule has 102 valence electrons. The molecule has 2 aromatic heterocycles. The SMILES string of the molecule is CCNC(c1sccc1Br)c1cncc2ccccc12. The van der Waals surface area contributed by atoms with Crippen LogP contribution in [0.3, 0.4) is 0 Å². The molecule has 0 amide bonds. The number of thiophene rings is 1. The summed E-state index contributed by atoms with van der Waals surface area (Å²) < 4.78 is 1.15. The van der Waals surface area contributed by atoms with E-state index in [1.165, 1.54) is 21.2 Å². The van der Waals surface area contributed by atoms with Crippen LogP contribution < -0.4 is 5.32 Å². The molecule has 20 heavy (non-hydrogen) atoms. The minimum Gasteiger partial charge on any atom is -0.306 e. The third-order valence-corrected chi connectivity index (χ3v) is 5.26. The average molecular weight is 347 g/mol. The van der Waals surface area contributed by atoms with Crippen molar-refractivity contribution in [3.63, 3.8) is 0 Å². The summed E-state index contributed by atoms with van der Waals surface area (Å²) in [6, 6.07) is 10.7. The molecule has 3 aromatic rings. The number of pyridine rings is 1. The van der Waals surface area contributed by atoms with E-state index in [1.54, 1.807) is 11.3 Å². The van der Waals surface area contributed by atoms with E-state index in [-0.39, 0.29) is 6.04 Å². The van der Waals surface area contributed by atoms with E-state index in [2.05, 4.69) is 68.9 Å². The molecule has 0 fully saturated rings. The van der Waals surface area contributed by atoms with Crippen molar-refractivity contribution in [2.45, 2.75) is 13.0 Å². The number of nitrogens with one attached hydrogen (secondary N) is 1. The van der Waals surface area contributed by atoms with Crippen molar-refractivity contribution in [3.05, 3.63) is 63.0 Å². The van der Waals surface area contributed by atoms with Gasteiger partial charge >= 0.3 is 0 Å². The van der Waals surface area contributed by atoms with Crippen molar-refractivity contribution in [2.75, 3.05) is 6.54 Å². The van der Waals surface area contributed by atoms with Gasteiger partial charge in [0, 0.05) is 32.7 Å². The van der Waals surface area contributed by atoms with Crippen molar-refractivity contribution in [1.82, 2.24) is 10.3 Å². The van der Waals surface area contributed by atoms with E-state index in [4.69, 9.17) is 0 Å². The Kier molecular flexibility index (Phi) is 4.15. The summed E-state index contributed by atoms with van der Waals surface area (Å²) in [5, 5.41) is 8.13. The maximum atomic E-state index is 4.40. The summed E-state index contributed by atoms with van der Waals surface area (Å²) in [5.74, 6) is 0. The van der Waals surface area contributed by atoms with Gasteiger partial charge in [-0.2, -0.15) is 0 Å². The van der Waals surface area contributed by atoms with Crippen molar-refractivity contribution in [3.8, 4) is 0 Å². The standard InChI is InChI=1S/C16H15BrN2S/c1-2-19-15(16-14(17)7-8-20-16)13-10-18-9-11-5-3-4-6-12(11)13/h3-10,15,19H,2H2,1H3. The Labute approximate surface area is 131 Å². The van der Waals surface area contributed by atoms with Crippen LogP contribution >= 0.6 is 27.3 Å². The highest BCUT2D eigenvalue weighted by molar-refractivity contribution is 9.10. The van der Waals surface area contributed by atoms with Crippen LogP contribution in [0.1, 0.15) is 23.4 Å². The molecule has 0 aliphatic carbocycles. The van der Waals surface area contributed by atoms with Crippen molar-refractivity contribution in [2.24, 2.45) is 0 Å². The molecule has 1 atom stereocenters. The monoisotopic (exact) mass is 346 g/mol. The number of fused-ring (bicyclic) bond motifs is 1. The third kappa shape index (κ3) is 2.51. The number of nitrogens with zero attached hydrogens (tertiary/aromatic N) is 1. The third-order valence-electron chi connectivity index (χ3n) is 3.33. The number of hydrogen-bond donors (Lipinski definition) is 1. The predicted octanol–water partition coefficient (Wildman–Crippen LogP) is 4.76. The molecule has 4 heteroatoms. The minimum absolute atomic E-state index is 0.174. The summed E-state index contributed by atoms with van der Waals surface area (Å²) in [6.07, 6.45) is 3.90. The van der Waals surface area contributed by atoms with Gasteiger partial charge in [-0.05, 0) is 39.3 Å². The molecule has 3 rings (SSSR count). The van der Waals surface area contributed by atoms with Crippen molar-refractivity contribution >= 4 is 38.0 Å². The van der Waals surface area contributed by atoms with Gasteiger partial charge in [0.15, 0.2) is 0 Å². The van der Waals surface area contributed by atoms with E-state index in [1.807, 2.05) is 12.4 Å². The van der Waals surface area contributed by atoms with Gasteiger partial charge in [-0.15, -0.1) is 11.3 Å². The van der Waals surface area contributed by atoms with Crippen LogP contribution in [0.4, 0.5) is 0 Å². The number of rotatable bonds is 4. The second-order valence-corrected chi connectivity index (χ2v) is 6.38. The van der Waals surface area contributed by atoms with Gasteiger partial charge in [-0.3, -0.25) is 4.98 Å². The molecule has 1 N–H and O–H groups in total. The number of aromatic nitrogens is 1. The van der Waals surface area contributed by atoms with E-state index >= 15 is 0 Å². The lowest BCUT2D eigenvalue weighted by Gasteiger charge is -2.19. The van der Waals surface area contributed by atoms with Crippen LogP contribution in [0.5, 0.6) is 0 Å². The summed E-state index contributed by atoms with van der Waals surface area (Å²) in [5.41, 5.74) is 1.23. The first-order valence-electron chi connectivity index (χ1n) is 6.60. The second kappa shape index (κ2) is 6.04. The lowest BCUT2D eigenvalue weighted by molar-refractivity contribution is 0.640. The van der Waals surface area contributed by atoms with E-state index in [9.17, 15) is 0 Å². The van der Waals surface area contributed by atoms with Crippen LogP contribution in [0.25, 0.3) is 10.8 Å². The molecule has 0 spiro atoms. The Bertz CT molecular complexity index is 718. The summed E-state index contributed by atoms with van der Waals surface area (Å²) >= 11 is 5.41. The van der Waals surface area contributed by atoms with Crippen LogP contribution in [0.2, 0.25) is 0 Å². The van der Waals surface area contributed by atoms with Gasteiger partial charge in [0.1, 0.15) is 0 Å². The van der Waals surface area contributed by atoms with E-state index < -0.39 is 0 Å². The first-order valence-corrected chi connectivity index (χ1v) is 8.27. The smallest absolute Gasteiger partial charge is 0.0703 e. The molecule has 0 saturated heterocycles. The maximum Gasteiger partial charge on any atom is 0.0703 e. The summed E-state index contributed by atoms with van der Waals surface area (Å²) in [7, 11) is 0. The van der Waals surface area contributed by atoms with Crippen molar-refractivity contribution in [1.29, 1.82) is 0 Å². The highest BCUT2D eigenvalue weighted by Gasteiger charge is 2.19. The summed E-state index contributed by atoms with van der Waals surface area (Å²) in [6.45, 7) is 3.05. The van der Waals surface area contributed by atoms with Gasteiger partial charge in [-0.25, -0.2) is 0 Å². The minimum atomic E-state index is 0.174. The molecule has 0 radical (unpaired) electrons. The molecule has 2 nitrogen and oxygen atoms in total. The molecule has 0 aliphatic heterocycles. The van der Waals surface area contributed by atoms with Crippen LogP contribution in [-0.2, 0) is 0 Å². The van der Waals surface area contributed by atoms with Gasteiger partial charge in [-0.1, -0.05) is 31.2 Å². The first-order chi connectivity index (χ1) is 9.81. The molecular formula is C16H15BrN2S. The Balaban J connectivity index is 2.17. The van der Waals surface area contributed by atoms with E-state index in [0.717, 1.165) is 11.0 Å². The number of hydrogen-bond acceptors (Lipinski definition) is 3. The fraction of sp³-hybridized carbons (Fsp3) is 0.188. The van der Waals surface area contributed by atoms with Crippen molar-refractivity contribution < 1.29 is 0 Å². The predicted molar refractivity (Wildman–Crippen MR) is 89.3 cm³/mol. The lowest BCUT2D eigenvalue weighted by Crippen LogP contribution is -2.21. The highest BCUT2D eigenvalue weighted by Crippen LogP contribution is 2.35. The average Bonchev–Trinajstić information content (AvgIpc) is 2.90. The molecular weight excluding hydrogens is 332 g/mol. The first kappa shape index (κ1) is 13.7. The molecule has 0 saturated carbocycles. The fourth-order valence-electron chi connectivity index (χ4n) is 2.43. The van der Waals surface area contributed by atoms with Gasteiger partial charge in [0.25, 0.3) is 0 Å². The topological polar surface area (TPSA) is 24.9 Å². The van der Waals surface area contributed by atoms with Crippen LogP contribution in [-0.4, -0.2) is 11.5 Å². The zero-order valence-corrected chi connectivity index (χ0v) is 13.5. The van der Waals surface area contributed by atoms with E-state index in [0.29, 0.717) is 0 Å². The van der Waals surface area contributed by atoms with Gasteiger partial charge < -0.3 is 5.32 Å². The lowest BCUT2D eigenvalue weighted by atomic mass is 10.0. The Morgan fingerprint density at radius 1 is 1.25 bits per heavy atom. The van der Waals surface area contributed by atoms with Crippen LogP contribution in [0.15, 0.2) is 52.6 Å². The summed E-state index contributed by atoms with van der Waals surface area (Å²) in [4.78, 5) is 5.70. The molecule has 1 aromatic carbocycles. The quantitative estimate of drug-likeness (QED) is 0.736. The zero-order valence-electron chi connectivity index (χ0n) is 11.1.